The Morgan fingerprint density at radius 1 is 1.13 bits per heavy atom. The molecule has 2 bridgehead atoms. The van der Waals surface area contributed by atoms with Crippen LogP contribution in [0.3, 0.4) is 0 Å². The molecule has 3 atom stereocenters. The second-order valence-corrected chi connectivity index (χ2v) is 8.62. The number of nitrogens with zero attached hydrogens (tertiary/aromatic N) is 5. The molecule has 3 saturated carbocycles. The van der Waals surface area contributed by atoms with Gasteiger partial charge in [-0.3, -0.25) is 9.48 Å². The molecular formula is C21H23F2N5O2. The first-order valence-electron chi connectivity index (χ1n) is 10.3. The van der Waals surface area contributed by atoms with Gasteiger partial charge in [0.1, 0.15) is 17.3 Å². The fraction of sp³-hybridized carbons (Fsp3) is 0.524. The molecule has 6 rings (SSSR count). The fourth-order valence-corrected chi connectivity index (χ4v) is 5.24. The zero-order valence-corrected chi connectivity index (χ0v) is 16.4. The molecule has 1 aliphatic heterocycles. The summed E-state index contributed by atoms with van der Waals surface area (Å²) in [4.78, 5) is 13.4. The Kier molecular flexibility index (Phi) is 4.85. The molecule has 4 aliphatic rings. The molecule has 3 fully saturated rings. The number of aromatic nitrogens is 3. The van der Waals surface area contributed by atoms with E-state index in [1.165, 1.54) is 17.1 Å². The zero-order chi connectivity index (χ0) is 20.8. The summed E-state index contributed by atoms with van der Waals surface area (Å²) in [6.07, 6.45) is 6.56. The number of aliphatic hydroxyl groups excluding tert-OH is 1. The second kappa shape index (κ2) is 7.54. The average molecular weight is 415 g/mol. The van der Waals surface area contributed by atoms with Crippen LogP contribution in [0.25, 0.3) is 0 Å². The van der Waals surface area contributed by atoms with Crippen LogP contribution >= 0.6 is 0 Å². The summed E-state index contributed by atoms with van der Waals surface area (Å²) in [5.41, 5.74) is 0.956. The Hall–Kier alpha value is -2.68. The summed E-state index contributed by atoms with van der Waals surface area (Å²) in [5.74, 6) is -0.330. The summed E-state index contributed by atoms with van der Waals surface area (Å²) in [5, 5.41) is 22.9. The van der Waals surface area contributed by atoms with Crippen molar-refractivity contribution in [1.29, 1.82) is 0 Å². The number of benzene rings is 1. The molecule has 2 aromatic rings. The molecule has 2 unspecified atom stereocenters. The quantitative estimate of drug-likeness (QED) is 0.814. The lowest BCUT2D eigenvalue weighted by Crippen LogP contribution is -2.49. The van der Waals surface area contributed by atoms with E-state index in [-0.39, 0.29) is 18.4 Å². The van der Waals surface area contributed by atoms with E-state index in [0.717, 1.165) is 25.3 Å². The van der Waals surface area contributed by atoms with Gasteiger partial charge in [0, 0.05) is 31.2 Å². The van der Waals surface area contributed by atoms with Crippen LogP contribution < -0.4 is 0 Å². The molecule has 1 N–H and O–H groups in total. The van der Waals surface area contributed by atoms with E-state index in [2.05, 4.69) is 15.4 Å². The normalized spacial score (nSPS) is 29.8. The molecule has 0 radical (unpaired) electrons. The van der Waals surface area contributed by atoms with E-state index in [4.69, 9.17) is 0 Å². The Labute approximate surface area is 172 Å². The van der Waals surface area contributed by atoms with E-state index in [1.807, 2.05) is 0 Å². The molecule has 1 aromatic heterocycles. The lowest BCUT2D eigenvalue weighted by atomic mass is 9.55. The van der Waals surface area contributed by atoms with Crippen molar-refractivity contribution in [3.05, 3.63) is 47.3 Å². The van der Waals surface area contributed by atoms with Gasteiger partial charge in [-0.25, -0.2) is 13.8 Å². The molecule has 3 aliphatic carbocycles. The van der Waals surface area contributed by atoms with Gasteiger partial charge in [-0.15, -0.1) is 5.10 Å². The van der Waals surface area contributed by atoms with Gasteiger partial charge in [-0.2, -0.15) is 5.10 Å². The van der Waals surface area contributed by atoms with Crippen molar-refractivity contribution in [2.75, 3.05) is 0 Å². The van der Waals surface area contributed by atoms with Gasteiger partial charge >= 0.3 is 0 Å². The Morgan fingerprint density at radius 3 is 2.60 bits per heavy atom. The number of halogens is 2. The van der Waals surface area contributed by atoms with Gasteiger partial charge in [0.2, 0.25) is 5.91 Å². The maximum absolute atomic E-state index is 13.7. The number of hydrazone groups is 1. The Morgan fingerprint density at radius 2 is 1.90 bits per heavy atom. The lowest BCUT2D eigenvalue weighted by molar-refractivity contribution is -0.147. The topological polar surface area (TPSA) is 83.6 Å². The third kappa shape index (κ3) is 3.40. The average Bonchev–Trinajstić information content (AvgIpc) is 3.35. The number of hydrogen-bond acceptors (Lipinski definition) is 5. The minimum absolute atomic E-state index is 0.0683. The van der Waals surface area contributed by atoms with Crippen molar-refractivity contribution in [2.24, 2.45) is 28.8 Å². The first-order valence-corrected chi connectivity index (χ1v) is 10.3. The molecule has 0 saturated heterocycles. The molecule has 7 nitrogen and oxygen atoms in total. The van der Waals surface area contributed by atoms with Crippen molar-refractivity contribution < 1.29 is 18.7 Å². The largest absolute Gasteiger partial charge is 0.390 e. The van der Waals surface area contributed by atoms with E-state index < -0.39 is 17.7 Å². The van der Waals surface area contributed by atoms with E-state index in [1.54, 1.807) is 17.1 Å². The molecular weight excluding hydrogens is 392 g/mol. The van der Waals surface area contributed by atoms with Gasteiger partial charge in [0.05, 0.1) is 18.8 Å². The van der Waals surface area contributed by atoms with Gasteiger partial charge in [0.25, 0.3) is 0 Å². The second-order valence-electron chi connectivity index (χ2n) is 8.62. The maximum Gasteiger partial charge on any atom is 0.246 e. The number of amides is 1. The fourth-order valence-electron chi connectivity index (χ4n) is 5.24. The van der Waals surface area contributed by atoms with Crippen molar-refractivity contribution in [1.82, 2.24) is 20.0 Å². The predicted molar refractivity (Wildman–Crippen MR) is 103 cm³/mol. The van der Waals surface area contributed by atoms with Crippen LogP contribution in [0.1, 0.15) is 43.0 Å². The number of carbonyl (C=O) groups is 1. The molecule has 0 spiro atoms. The number of carbonyl (C=O) groups excluding carboxylic acids is 1. The SMILES string of the molecule is O=C([C@H]1CC(Cn2cc(CO)nn2)C2CC1C2)N1N=CCC1c1cc(F)cc(F)c1. The highest BCUT2D eigenvalue weighted by atomic mass is 19.1. The van der Waals surface area contributed by atoms with Crippen LogP contribution in [-0.4, -0.2) is 37.2 Å². The van der Waals surface area contributed by atoms with E-state index in [9.17, 15) is 18.7 Å². The summed E-state index contributed by atoms with van der Waals surface area (Å²) in [6, 6.07) is 2.91. The number of rotatable bonds is 5. The first-order chi connectivity index (χ1) is 14.5. The minimum atomic E-state index is -0.654. The minimum Gasteiger partial charge on any atom is -0.390 e. The molecule has 1 amide bonds. The van der Waals surface area contributed by atoms with Crippen LogP contribution in [0.5, 0.6) is 0 Å². The third-order valence-electron chi connectivity index (χ3n) is 6.82. The van der Waals surface area contributed by atoms with Crippen molar-refractivity contribution in [2.45, 2.75) is 44.9 Å². The van der Waals surface area contributed by atoms with Gasteiger partial charge in [-0.05, 0) is 54.7 Å². The number of fused-ring (bicyclic) bond motifs is 2. The van der Waals surface area contributed by atoms with Crippen molar-refractivity contribution in [3.63, 3.8) is 0 Å². The van der Waals surface area contributed by atoms with Crippen LogP contribution in [0.2, 0.25) is 0 Å². The zero-order valence-electron chi connectivity index (χ0n) is 16.4. The van der Waals surface area contributed by atoms with Gasteiger partial charge in [-0.1, -0.05) is 5.21 Å². The molecule has 30 heavy (non-hydrogen) atoms. The van der Waals surface area contributed by atoms with Gasteiger partial charge < -0.3 is 5.11 Å². The summed E-state index contributed by atoms with van der Waals surface area (Å²) < 4.78 is 29.1. The first kappa shape index (κ1) is 19.3. The van der Waals surface area contributed by atoms with Crippen LogP contribution in [0.15, 0.2) is 29.5 Å². The van der Waals surface area contributed by atoms with E-state index >= 15 is 0 Å². The summed E-state index contributed by atoms with van der Waals surface area (Å²) >= 11 is 0. The van der Waals surface area contributed by atoms with Crippen LogP contribution in [-0.2, 0) is 17.9 Å². The van der Waals surface area contributed by atoms with Crippen LogP contribution in [0.4, 0.5) is 8.78 Å². The van der Waals surface area contributed by atoms with Gasteiger partial charge in [0.15, 0.2) is 0 Å². The molecule has 2 heterocycles. The highest BCUT2D eigenvalue weighted by Gasteiger charge is 2.50. The monoisotopic (exact) mass is 415 g/mol. The van der Waals surface area contributed by atoms with E-state index in [0.29, 0.717) is 42.0 Å². The Bertz CT molecular complexity index is 967. The summed E-state index contributed by atoms with van der Waals surface area (Å²) in [6.45, 7) is 0.516. The smallest absolute Gasteiger partial charge is 0.246 e. The van der Waals surface area contributed by atoms with Crippen LogP contribution in [0, 0.1) is 35.3 Å². The lowest BCUT2D eigenvalue weighted by Gasteiger charge is -2.51. The molecule has 158 valence electrons. The summed E-state index contributed by atoms with van der Waals surface area (Å²) in [7, 11) is 0. The molecule has 9 heteroatoms. The third-order valence-corrected chi connectivity index (χ3v) is 6.82. The standard InChI is InChI=1S/C21H23F2N5O2/c22-16-5-14(6-17(23)8-16)20-1-2-24-28(20)21(30)19-7-15(12-3-13(19)4-12)9-27-10-18(11-29)25-26-27/h2,5-6,8,10,12-13,15,19-20,29H,1,3-4,7,9,11H2/t12?,13?,15?,19-,20?/m0/s1. The van der Waals surface area contributed by atoms with Crippen molar-refractivity contribution >= 4 is 12.1 Å². The predicted octanol–water partition coefficient (Wildman–Crippen LogP) is 2.67. The van der Waals surface area contributed by atoms with Crippen molar-refractivity contribution in [3.8, 4) is 0 Å². The number of hydrogen-bond donors (Lipinski definition) is 1. The molecule has 1 aromatic carbocycles. The maximum atomic E-state index is 13.7. The highest BCUT2D eigenvalue weighted by Crippen LogP contribution is 2.53. The highest BCUT2D eigenvalue weighted by molar-refractivity contribution is 5.82. The Balaban J connectivity index is 1.32. The number of aliphatic hydroxyl groups is 1.